The molecule has 2 aromatic carbocycles. The molecule has 1 fully saturated rings. The smallest absolute Gasteiger partial charge is 0.229 e. The molecule has 32 heavy (non-hydrogen) atoms. The van der Waals surface area contributed by atoms with E-state index in [1.54, 1.807) is 0 Å². The molecule has 1 aliphatic rings. The van der Waals surface area contributed by atoms with E-state index in [0.29, 0.717) is 5.56 Å². The van der Waals surface area contributed by atoms with Crippen molar-refractivity contribution in [2.24, 2.45) is 0 Å². The van der Waals surface area contributed by atoms with Gasteiger partial charge in [-0.15, -0.1) is 0 Å². The largest absolute Gasteiger partial charge is 0.504 e. The zero-order chi connectivity index (χ0) is 23.2. The summed E-state index contributed by atoms with van der Waals surface area (Å²) in [6.07, 6.45) is -6.44. The summed E-state index contributed by atoms with van der Waals surface area (Å²) in [5, 5.41) is 49.5. The van der Waals surface area contributed by atoms with Gasteiger partial charge in [0.05, 0.1) is 18.6 Å². The Hall–Kier alpha value is -3.31. The monoisotopic (exact) mass is 446 g/mol. The van der Waals surface area contributed by atoms with Crippen molar-refractivity contribution in [3.63, 3.8) is 0 Å². The predicted molar refractivity (Wildman–Crippen MR) is 111 cm³/mol. The Morgan fingerprint density at radius 2 is 1.66 bits per heavy atom. The molecule has 5 N–H and O–H groups in total. The summed E-state index contributed by atoms with van der Waals surface area (Å²) in [5.41, 5.74) is 0.0872. The molecule has 10 nitrogen and oxygen atoms in total. The van der Waals surface area contributed by atoms with Gasteiger partial charge in [0.2, 0.25) is 6.29 Å². The topological polar surface area (TPSA) is 159 Å². The predicted octanol–water partition coefficient (Wildman–Crippen LogP) is 1.09. The van der Waals surface area contributed by atoms with Crippen molar-refractivity contribution in [2.75, 3.05) is 7.11 Å². The van der Waals surface area contributed by atoms with Gasteiger partial charge in [0, 0.05) is 17.7 Å². The minimum absolute atomic E-state index is 0.0636. The van der Waals surface area contributed by atoms with Gasteiger partial charge >= 0.3 is 0 Å². The Labute approximate surface area is 181 Å². The average Bonchev–Trinajstić information content (AvgIpc) is 2.77. The number of aromatic hydroxyl groups is 2. The van der Waals surface area contributed by atoms with Gasteiger partial charge in [0.1, 0.15) is 29.7 Å². The highest BCUT2D eigenvalue weighted by Crippen LogP contribution is 2.36. The first kappa shape index (κ1) is 21.9. The molecule has 0 radical (unpaired) electrons. The van der Waals surface area contributed by atoms with Crippen molar-refractivity contribution in [1.29, 1.82) is 0 Å². The van der Waals surface area contributed by atoms with Crippen LogP contribution >= 0.6 is 0 Å². The fraction of sp³-hybridized carbons (Fsp3) is 0.318. The highest BCUT2D eigenvalue weighted by molar-refractivity contribution is 5.82. The molecule has 1 saturated heterocycles. The summed E-state index contributed by atoms with van der Waals surface area (Å²) in [4.78, 5) is 12.7. The van der Waals surface area contributed by atoms with E-state index in [-0.39, 0.29) is 45.2 Å². The van der Waals surface area contributed by atoms with Crippen molar-refractivity contribution < 1.29 is 44.2 Å². The summed E-state index contributed by atoms with van der Waals surface area (Å²) in [5.74, 6) is -0.334. The Balaban J connectivity index is 1.76. The molecule has 4 rings (SSSR count). The highest BCUT2D eigenvalue weighted by Gasteiger charge is 2.43. The van der Waals surface area contributed by atoms with Crippen LogP contribution in [0.4, 0.5) is 0 Å². The lowest BCUT2D eigenvalue weighted by Crippen LogP contribution is -2.58. The van der Waals surface area contributed by atoms with Gasteiger partial charge in [0.15, 0.2) is 28.4 Å². The zero-order valence-electron chi connectivity index (χ0n) is 17.1. The SMILES string of the molecule is COc1cc2c(=O)cc(-c3ccc(O)c(O)c3)oc2cc1OC1OC(C)C(O)C(O)C1O. The number of methoxy groups -OCH3 is 1. The lowest BCUT2D eigenvalue weighted by atomic mass is 10.00. The molecular weight excluding hydrogens is 424 g/mol. The van der Waals surface area contributed by atoms with Crippen LogP contribution in [0.1, 0.15) is 6.92 Å². The first-order chi connectivity index (χ1) is 15.2. The fourth-order valence-electron chi connectivity index (χ4n) is 3.47. The number of benzene rings is 2. The van der Waals surface area contributed by atoms with E-state index in [2.05, 4.69) is 0 Å². The number of phenols is 2. The lowest BCUT2D eigenvalue weighted by molar-refractivity contribution is -0.268. The van der Waals surface area contributed by atoms with Crippen LogP contribution in [0.5, 0.6) is 23.0 Å². The molecule has 1 aromatic heterocycles. The summed E-state index contributed by atoms with van der Waals surface area (Å²) in [6, 6.07) is 8.00. The van der Waals surface area contributed by atoms with Gasteiger partial charge in [-0.05, 0) is 31.2 Å². The van der Waals surface area contributed by atoms with E-state index < -0.39 is 30.7 Å². The Morgan fingerprint density at radius 1 is 0.906 bits per heavy atom. The van der Waals surface area contributed by atoms with Crippen LogP contribution in [0.2, 0.25) is 0 Å². The molecule has 170 valence electrons. The second kappa shape index (κ2) is 8.32. The number of aliphatic hydroxyl groups excluding tert-OH is 3. The zero-order valence-corrected chi connectivity index (χ0v) is 17.1. The molecule has 5 unspecified atom stereocenters. The molecule has 3 aromatic rings. The van der Waals surface area contributed by atoms with E-state index in [9.17, 15) is 30.3 Å². The van der Waals surface area contributed by atoms with Gasteiger partial charge in [-0.3, -0.25) is 4.79 Å². The molecule has 2 heterocycles. The van der Waals surface area contributed by atoms with Gasteiger partial charge in [-0.1, -0.05) is 0 Å². The minimum atomic E-state index is -1.54. The molecule has 0 saturated carbocycles. The first-order valence-corrected chi connectivity index (χ1v) is 9.74. The quantitative estimate of drug-likeness (QED) is 0.367. The maximum absolute atomic E-state index is 12.7. The second-order valence-corrected chi connectivity index (χ2v) is 7.48. The van der Waals surface area contributed by atoms with E-state index >= 15 is 0 Å². The molecular formula is C22H22O10. The van der Waals surface area contributed by atoms with E-state index in [0.717, 1.165) is 0 Å². The Morgan fingerprint density at radius 3 is 2.34 bits per heavy atom. The normalized spacial score (nSPS) is 25.6. The number of aliphatic hydroxyl groups is 3. The van der Waals surface area contributed by atoms with Gasteiger partial charge in [0.25, 0.3) is 0 Å². The van der Waals surface area contributed by atoms with Crippen molar-refractivity contribution in [3.8, 4) is 34.3 Å². The number of hydrogen-bond acceptors (Lipinski definition) is 10. The molecule has 0 aliphatic carbocycles. The van der Waals surface area contributed by atoms with Gasteiger partial charge in [-0.2, -0.15) is 0 Å². The number of fused-ring (bicyclic) bond motifs is 1. The third-order valence-electron chi connectivity index (χ3n) is 5.32. The fourth-order valence-corrected chi connectivity index (χ4v) is 3.47. The van der Waals surface area contributed by atoms with Gasteiger partial charge < -0.3 is 44.2 Å². The Kier molecular flexibility index (Phi) is 5.70. The van der Waals surface area contributed by atoms with Crippen molar-refractivity contribution in [1.82, 2.24) is 0 Å². The van der Waals surface area contributed by atoms with Crippen LogP contribution in [0, 0.1) is 0 Å². The maximum Gasteiger partial charge on any atom is 0.229 e. The van der Waals surface area contributed by atoms with E-state index in [1.807, 2.05) is 0 Å². The van der Waals surface area contributed by atoms with Crippen LogP contribution < -0.4 is 14.9 Å². The van der Waals surface area contributed by atoms with Crippen LogP contribution in [-0.2, 0) is 4.74 Å². The van der Waals surface area contributed by atoms with Crippen molar-refractivity contribution in [2.45, 2.75) is 37.6 Å². The van der Waals surface area contributed by atoms with Crippen LogP contribution in [0.25, 0.3) is 22.3 Å². The lowest BCUT2D eigenvalue weighted by Gasteiger charge is -2.39. The molecule has 10 heteroatoms. The first-order valence-electron chi connectivity index (χ1n) is 9.74. The third-order valence-corrected chi connectivity index (χ3v) is 5.32. The molecule has 1 aliphatic heterocycles. The third kappa shape index (κ3) is 3.84. The van der Waals surface area contributed by atoms with Crippen molar-refractivity contribution in [3.05, 3.63) is 46.6 Å². The van der Waals surface area contributed by atoms with Crippen LogP contribution in [0.15, 0.2) is 45.6 Å². The summed E-state index contributed by atoms with van der Waals surface area (Å²) >= 11 is 0. The van der Waals surface area contributed by atoms with E-state index in [1.165, 1.54) is 50.4 Å². The summed E-state index contributed by atoms with van der Waals surface area (Å²) < 4.78 is 22.3. The molecule has 0 bridgehead atoms. The summed E-state index contributed by atoms with van der Waals surface area (Å²) in [6.45, 7) is 1.52. The number of hydrogen-bond donors (Lipinski definition) is 5. The van der Waals surface area contributed by atoms with Crippen molar-refractivity contribution >= 4 is 11.0 Å². The molecule has 0 amide bonds. The number of phenolic OH excluding ortho intramolecular Hbond substituents is 2. The molecule has 5 atom stereocenters. The second-order valence-electron chi connectivity index (χ2n) is 7.48. The van der Waals surface area contributed by atoms with Gasteiger partial charge in [-0.25, -0.2) is 0 Å². The maximum atomic E-state index is 12.7. The number of ether oxygens (including phenoxy) is 3. The standard InChI is InChI=1S/C22H22O10/c1-9-19(26)20(27)21(28)22(30-9)32-18-8-16-11(6-17(18)29-2)13(24)7-15(31-16)10-3-4-12(23)14(25)5-10/h3-9,19-23,25-28H,1-2H3. The minimum Gasteiger partial charge on any atom is -0.504 e. The molecule has 0 spiro atoms. The highest BCUT2D eigenvalue weighted by atomic mass is 16.7. The van der Waals surface area contributed by atoms with Crippen LogP contribution in [-0.4, -0.2) is 63.3 Å². The van der Waals surface area contributed by atoms with Crippen LogP contribution in [0.3, 0.4) is 0 Å². The van der Waals surface area contributed by atoms with E-state index in [4.69, 9.17) is 18.6 Å². The average molecular weight is 446 g/mol. The summed E-state index contributed by atoms with van der Waals surface area (Å²) in [7, 11) is 1.36. The Bertz CT molecular complexity index is 1200. The number of rotatable bonds is 4.